The van der Waals surface area contributed by atoms with E-state index < -0.39 is 0 Å². The van der Waals surface area contributed by atoms with E-state index in [1.807, 2.05) is 17.6 Å². The predicted octanol–water partition coefficient (Wildman–Crippen LogP) is 1.90. The Kier molecular flexibility index (Phi) is 4.66. The zero-order chi connectivity index (χ0) is 14.9. The Morgan fingerprint density at radius 3 is 2.60 bits per heavy atom. The fourth-order valence-corrected chi connectivity index (χ4v) is 2.96. The highest BCUT2D eigenvalue weighted by atomic mass is 16.1. The number of rotatable bonds is 4. The molecule has 0 aliphatic carbocycles. The fourth-order valence-electron chi connectivity index (χ4n) is 2.96. The van der Waals surface area contributed by atoms with E-state index in [0.29, 0.717) is 5.92 Å². The first-order chi connectivity index (χ1) is 9.43. The molecule has 0 radical (unpaired) electrons. The highest BCUT2D eigenvalue weighted by molar-refractivity contribution is 5.30. The molecule has 0 bridgehead atoms. The summed E-state index contributed by atoms with van der Waals surface area (Å²) in [7, 11) is 0. The van der Waals surface area contributed by atoms with Crippen LogP contribution in [-0.4, -0.2) is 22.6 Å². The highest BCUT2D eigenvalue weighted by Crippen LogP contribution is 2.21. The summed E-state index contributed by atoms with van der Waals surface area (Å²) in [5.41, 5.74) is 9.35. The second kappa shape index (κ2) is 6.10. The van der Waals surface area contributed by atoms with Crippen LogP contribution in [0.5, 0.6) is 0 Å². The molecule has 0 aromatic carbocycles. The van der Waals surface area contributed by atoms with E-state index >= 15 is 0 Å². The van der Waals surface area contributed by atoms with Crippen LogP contribution in [0.2, 0.25) is 0 Å². The van der Waals surface area contributed by atoms with E-state index in [-0.39, 0.29) is 11.6 Å². The van der Waals surface area contributed by atoms with E-state index in [0.717, 1.165) is 38.2 Å². The average molecular weight is 277 g/mol. The van der Waals surface area contributed by atoms with E-state index in [2.05, 4.69) is 25.7 Å². The summed E-state index contributed by atoms with van der Waals surface area (Å²) in [6.45, 7) is 12.2. The van der Waals surface area contributed by atoms with Gasteiger partial charge in [0.05, 0.1) is 0 Å². The summed E-state index contributed by atoms with van der Waals surface area (Å²) in [5, 5.41) is 0. The van der Waals surface area contributed by atoms with Crippen LogP contribution in [0.15, 0.2) is 10.9 Å². The molecule has 112 valence electrons. The molecule has 0 amide bonds. The molecule has 0 saturated heterocycles. The molecule has 4 heteroatoms. The summed E-state index contributed by atoms with van der Waals surface area (Å²) in [5.74, 6) is 0.462. The van der Waals surface area contributed by atoms with Gasteiger partial charge >= 0.3 is 0 Å². The van der Waals surface area contributed by atoms with Gasteiger partial charge in [0.1, 0.15) is 0 Å². The lowest BCUT2D eigenvalue weighted by Crippen LogP contribution is -2.38. The summed E-state index contributed by atoms with van der Waals surface area (Å²) in [4.78, 5) is 15.1. The first-order valence-corrected chi connectivity index (χ1v) is 7.67. The van der Waals surface area contributed by atoms with Gasteiger partial charge in [-0.1, -0.05) is 20.8 Å². The minimum Gasteiger partial charge on any atom is -0.324 e. The van der Waals surface area contributed by atoms with Crippen LogP contribution in [0.1, 0.15) is 50.6 Å². The smallest absolute Gasteiger partial charge is 0.255 e. The lowest BCUT2D eigenvalue weighted by Gasteiger charge is -2.31. The summed E-state index contributed by atoms with van der Waals surface area (Å²) in [6.07, 6.45) is 0.963. The number of nitrogens with two attached hydrogens (primary N) is 1. The SMILES string of the molecule is CCN1CCc2c(cc(C(C)N)c(=O)n2CC(C)C)C1. The Morgan fingerprint density at radius 1 is 1.35 bits per heavy atom. The fraction of sp³-hybridized carbons (Fsp3) is 0.688. The number of nitrogens with zero attached hydrogens (tertiary/aromatic N) is 2. The van der Waals surface area contributed by atoms with Crippen molar-refractivity contribution < 1.29 is 0 Å². The molecule has 1 atom stereocenters. The number of hydrogen-bond acceptors (Lipinski definition) is 3. The van der Waals surface area contributed by atoms with Crippen LogP contribution in [0, 0.1) is 5.92 Å². The molecule has 1 aliphatic heterocycles. The predicted molar refractivity (Wildman–Crippen MR) is 82.8 cm³/mol. The molecule has 0 saturated carbocycles. The minimum atomic E-state index is -0.205. The van der Waals surface area contributed by atoms with Crippen LogP contribution in [0.3, 0.4) is 0 Å². The lowest BCUT2D eigenvalue weighted by molar-refractivity contribution is 0.260. The van der Waals surface area contributed by atoms with Crippen LogP contribution in [0.4, 0.5) is 0 Å². The van der Waals surface area contributed by atoms with Crippen molar-refractivity contribution in [3.05, 3.63) is 33.2 Å². The molecule has 1 unspecified atom stereocenters. The maximum absolute atomic E-state index is 12.6. The number of aromatic nitrogens is 1. The van der Waals surface area contributed by atoms with Gasteiger partial charge in [-0.2, -0.15) is 0 Å². The standard InChI is InChI=1S/C16H27N3O/c1-5-18-7-6-15-13(10-18)8-14(12(4)17)16(20)19(15)9-11(2)3/h8,11-12H,5-7,9-10,17H2,1-4H3. The Morgan fingerprint density at radius 2 is 2.05 bits per heavy atom. The molecule has 20 heavy (non-hydrogen) atoms. The van der Waals surface area contributed by atoms with Gasteiger partial charge in [0.2, 0.25) is 0 Å². The van der Waals surface area contributed by atoms with Crippen molar-refractivity contribution in [2.75, 3.05) is 13.1 Å². The molecule has 0 fully saturated rings. The van der Waals surface area contributed by atoms with Crippen LogP contribution < -0.4 is 11.3 Å². The van der Waals surface area contributed by atoms with Crippen molar-refractivity contribution in [2.24, 2.45) is 11.7 Å². The molecule has 2 rings (SSSR count). The molecular formula is C16H27N3O. The summed E-state index contributed by atoms with van der Waals surface area (Å²) in [6, 6.07) is 1.84. The Bertz CT molecular complexity index is 531. The molecule has 4 nitrogen and oxygen atoms in total. The van der Waals surface area contributed by atoms with E-state index in [1.165, 1.54) is 11.3 Å². The second-order valence-corrected chi connectivity index (χ2v) is 6.29. The monoisotopic (exact) mass is 277 g/mol. The molecule has 1 aliphatic rings. The number of fused-ring (bicyclic) bond motifs is 1. The van der Waals surface area contributed by atoms with Gasteiger partial charge < -0.3 is 10.3 Å². The highest BCUT2D eigenvalue weighted by Gasteiger charge is 2.22. The average Bonchev–Trinajstić information content (AvgIpc) is 2.40. The zero-order valence-electron chi connectivity index (χ0n) is 13.1. The summed E-state index contributed by atoms with van der Waals surface area (Å²) < 4.78 is 1.98. The maximum atomic E-state index is 12.6. The van der Waals surface area contributed by atoms with E-state index in [4.69, 9.17) is 5.73 Å². The first kappa shape index (κ1) is 15.3. The minimum absolute atomic E-state index is 0.109. The topological polar surface area (TPSA) is 51.3 Å². The van der Waals surface area contributed by atoms with Crippen LogP contribution in [0.25, 0.3) is 0 Å². The molecule has 2 heterocycles. The maximum Gasteiger partial charge on any atom is 0.255 e. The summed E-state index contributed by atoms with van der Waals surface area (Å²) >= 11 is 0. The first-order valence-electron chi connectivity index (χ1n) is 7.67. The molecule has 1 aromatic rings. The molecule has 2 N–H and O–H groups in total. The van der Waals surface area contributed by atoms with Crippen molar-refractivity contribution >= 4 is 0 Å². The van der Waals surface area contributed by atoms with Crippen LogP contribution >= 0.6 is 0 Å². The second-order valence-electron chi connectivity index (χ2n) is 6.29. The van der Waals surface area contributed by atoms with Crippen molar-refractivity contribution in [1.29, 1.82) is 0 Å². The molecule has 0 spiro atoms. The van der Waals surface area contributed by atoms with E-state index in [1.54, 1.807) is 0 Å². The number of hydrogen-bond donors (Lipinski definition) is 1. The van der Waals surface area contributed by atoms with Gasteiger partial charge in [-0.05, 0) is 31.0 Å². The Balaban J connectivity index is 2.54. The third-order valence-electron chi connectivity index (χ3n) is 4.06. The van der Waals surface area contributed by atoms with Crippen molar-refractivity contribution in [3.8, 4) is 0 Å². The van der Waals surface area contributed by atoms with Gasteiger partial charge in [0.25, 0.3) is 5.56 Å². The number of pyridine rings is 1. The van der Waals surface area contributed by atoms with Crippen molar-refractivity contribution in [2.45, 2.75) is 53.2 Å². The Labute approximate surface area is 121 Å². The molecular weight excluding hydrogens is 250 g/mol. The third-order valence-corrected chi connectivity index (χ3v) is 4.06. The lowest BCUT2D eigenvalue weighted by atomic mass is 9.99. The van der Waals surface area contributed by atoms with Gasteiger partial charge in [-0.25, -0.2) is 0 Å². The largest absolute Gasteiger partial charge is 0.324 e. The molecule has 1 aromatic heterocycles. The quantitative estimate of drug-likeness (QED) is 0.914. The Hall–Kier alpha value is -1.13. The van der Waals surface area contributed by atoms with Gasteiger partial charge in [0, 0.05) is 43.4 Å². The van der Waals surface area contributed by atoms with Crippen LogP contribution in [-0.2, 0) is 19.5 Å². The normalized spacial score (nSPS) is 17.3. The van der Waals surface area contributed by atoms with Gasteiger partial charge in [-0.3, -0.25) is 9.69 Å². The van der Waals surface area contributed by atoms with Crippen molar-refractivity contribution in [3.63, 3.8) is 0 Å². The zero-order valence-corrected chi connectivity index (χ0v) is 13.1. The van der Waals surface area contributed by atoms with Crippen molar-refractivity contribution in [1.82, 2.24) is 9.47 Å². The number of likely N-dealkylation sites (N-methyl/N-ethyl adjacent to an activating group) is 1. The van der Waals surface area contributed by atoms with Gasteiger partial charge in [-0.15, -0.1) is 0 Å². The van der Waals surface area contributed by atoms with E-state index in [9.17, 15) is 4.79 Å². The third kappa shape index (κ3) is 2.96. The van der Waals surface area contributed by atoms with Gasteiger partial charge in [0.15, 0.2) is 0 Å².